The zero-order valence-corrected chi connectivity index (χ0v) is 17.6. The Bertz CT molecular complexity index is 1260. The van der Waals surface area contributed by atoms with Gasteiger partial charge in [-0.05, 0) is 30.3 Å². The van der Waals surface area contributed by atoms with E-state index in [1.807, 2.05) is 48.5 Å². The molecule has 31 heavy (non-hydrogen) atoms. The van der Waals surface area contributed by atoms with Crippen LogP contribution in [0.4, 0.5) is 5.69 Å². The maximum atomic E-state index is 13.2. The first kappa shape index (κ1) is 19.4. The first-order valence-electron chi connectivity index (χ1n) is 9.89. The number of rotatable bonds is 4. The number of hydrogen-bond donors (Lipinski definition) is 2. The summed E-state index contributed by atoms with van der Waals surface area (Å²) < 4.78 is 5.53. The van der Waals surface area contributed by atoms with E-state index in [1.54, 1.807) is 36.0 Å². The van der Waals surface area contributed by atoms with E-state index < -0.39 is 6.04 Å². The molecule has 1 fully saturated rings. The first-order chi connectivity index (χ1) is 15.1. The fraction of sp³-hybridized carbons (Fsp3) is 0.174. The highest BCUT2D eigenvalue weighted by Crippen LogP contribution is 2.28. The second-order valence-corrected chi connectivity index (χ2v) is 8.35. The quantitative estimate of drug-likeness (QED) is 0.502. The highest BCUT2D eigenvalue weighted by atomic mass is 32.2. The zero-order valence-electron chi connectivity index (χ0n) is 16.8. The van der Waals surface area contributed by atoms with Crippen molar-refractivity contribution in [1.82, 2.24) is 14.9 Å². The van der Waals surface area contributed by atoms with Crippen molar-refractivity contribution in [3.8, 4) is 11.3 Å². The van der Waals surface area contributed by atoms with Crippen LogP contribution in [0.15, 0.2) is 65.3 Å². The summed E-state index contributed by atoms with van der Waals surface area (Å²) in [4.78, 5) is 35.0. The van der Waals surface area contributed by atoms with E-state index in [9.17, 15) is 9.59 Å². The molecule has 2 aromatic heterocycles. The normalized spacial score (nSPS) is 16.0. The third-order valence-electron chi connectivity index (χ3n) is 5.32. The fourth-order valence-electron chi connectivity index (χ4n) is 3.70. The number of para-hydroxylation sites is 1. The maximum Gasteiger partial charge on any atom is 0.257 e. The van der Waals surface area contributed by atoms with E-state index in [-0.39, 0.29) is 11.8 Å². The lowest BCUT2D eigenvalue weighted by Gasteiger charge is -2.23. The average Bonchev–Trinajstić information content (AvgIpc) is 3.53. The van der Waals surface area contributed by atoms with Crippen LogP contribution in [-0.4, -0.2) is 44.4 Å². The minimum Gasteiger partial charge on any atom is -0.441 e. The molecule has 4 aromatic rings. The highest BCUT2D eigenvalue weighted by molar-refractivity contribution is 7.99. The van der Waals surface area contributed by atoms with Gasteiger partial charge in [0.2, 0.25) is 5.91 Å². The lowest BCUT2D eigenvalue weighted by molar-refractivity contribution is -0.119. The number of aromatic nitrogens is 2. The molecule has 0 aliphatic carbocycles. The van der Waals surface area contributed by atoms with Gasteiger partial charge >= 0.3 is 0 Å². The number of H-pyrrole nitrogens is 1. The number of thioether (sulfide) groups is 1. The Labute approximate surface area is 182 Å². The highest BCUT2D eigenvalue weighted by Gasteiger charge is 2.36. The molecule has 7 nitrogen and oxygen atoms in total. The summed E-state index contributed by atoms with van der Waals surface area (Å²) in [6.45, 7) is 1.79. The predicted octanol–water partition coefficient (Wildman–Crippen LogP) is 4.29. The van der Waals surface area contributed by atoms with Crippen molar-refractivity contribution < 1.29 is 14.0 Å². The molecular formula is C23H20N4O3S. The van der Waals surface area contributed by atoms with Gasteiger partial charge in [0.05, 0.1) is 17.6 Å². The van der Waals surface area contributed by atoms with Crippen molar-refractivity contribution in [2.45, 2.75) is 13.0 Å². The number of carbonyl (C=O) groups excluding carboxylic acids is 2. The summed E-state index contributed by atoms with van der Waals surface area (Å²) in [5.41, 5.74) is 3.04. The standard InChI is InChI=1S/C23H20N4O3S/c1-14-24-11-21(30-14)15-6-8-16(9-7-15)26-22(28)20-12-31-13-27(20)23(29)18-10-25-19-5-3-2-4-17(18)19/h2-11,20,25H,12-13H2,1H3,(H,26,28)/t20-/m1/s1. The molecule has 0 radical (unpaired) electrons. The number of benzene rings is 2. The predicted molar refractivity (Wildman–Crippen MR) is 121 cm³/mol. The molecule has 1 atom stereocenters. The van der Waals surface area contributed by atoms with E-state index in [1.165, 1.54) is 0 Å². The number of anilines is 1. The van der Waals surface area contributed by atoms with Crippen molar-refractivity contribution in [1.29, 1.82) is 0 Å². The van der Waals surface area contributed by atoms with E-state index in [0.29, 0.717) is 34.5 Å². The lowest BCUT2D eigenvalue weighted by atomic mass is 10.1. The third kappa shape index (κ3) is 3.70. The largest absolute Gasteiger partial charge is 0.441 e. The summed E-state index contributed by atoms with van der Waals surface area (Å²) in [6.07, 6.45) is 3.39. The van der Waals surface area contributed by atoms with E-state index >= 15 is 0 Å². The number of nitrogens with zero attached hydrogens (tertiary/aromatic N) is 2. The molecule has 5 rings (SSSR count). The average molecular weight is 433 g/mol. The maximum absolute atomic E-state index is 13.2. The van der Waals surface area contributed by atoms with Gasteiger partial charge in [-0.2, -0.15) is 0 Å². The fourth-order valence-corrected chi connectivity index (χ4v) is 4.86. The van der Waals surface area contributed by atoms with Crippen LogP contribution in [0.3, 0.4) is 0 Å². The molecule has 2 amide bonds. The topological polar surface area (TPSA) is 91.2 Å². The summed E-state index contributed by atoms with van der Waals surface area (Å²) in [5, 5.41) is 3.80. The van der Waals surface area contributed by atoms with Gasteiger partial charge in [-0.1, -0.05) is 18.2 Å². The minimum absolute atomic E-state index is 0.140. The first-order valence-corrected chi connectivity index (χ1v) is 11.0. The molecule has 1 saturated heterocycles. The number of hydrogen-bond acceptors (Lipinski definition) is 5. The number of aromatic amines is 1. The Morgan fingerprint density at radius 1 is 1.19 bits per heavy atom. The van der Waals surface area contributed by atoms with Crippen LogP contribution in [0.1, 0.15) is 16.2 Å². The molecule has 0 saturated carbocycles. The number of carbonyl (C=O) groups is 2. The van der Waals surface area contributed by atoms with Gasteiger partial charge in [0, 0.05) is 41.0 Å². The van der Waals surface area contributed by atoms with Crippen LogP contribution < -0.4 is 5.32 Å². The third-order valence-corrected chi connectivity index (χ3v) is 6.34. The second kappa shape index (κ2) is 7.96. The summed E-state index contributed by atoms with van der Waals surface area (Å²) >= 11 is 1.58. The Kier molecular flexibility index (Phi) is 4.99. The van der Waals surface area contributed by atoms with Gasteiger partial charge < -0.3 is 19.6 Å². The van der Waals surface area contributed by atoms with Gasteiger partial charge in [-0.15, -0.1) is 11.8 Å². The molecule has 3 heterocycles. The van der Waals surface area contributed by atoms with E-state index in [4.69, 9.17) is 4.42 Å². The molecule has 2 N–H and O–H groups in total. The van der Waals surface area contributed by atoms with Crippen LogP contribution in [-0.2, 0) is 4.79 Å². The molecular weight excluding hydrogens is 412 g/mol. The van der Waals surface area contributed by atoms with Crippen molar-refractivity contribution in [3.63, 3.8) is 0 Å². The Morgan fingerprint density at radius 2 is 2.00 bits per heavy atom. The lowest BCUT2D eigenvalue weighted by Crippen LogP contribution is -2.44. The summed E-state index contributed by atoms with van der Waals surface area (Å²) in [7, 11) is 0. The minimum atomic E-state index is -0.525. The molecule has 0 spiro atoms. The van der Waals surface area contributed by atoms with Gasteiger partial charge in [0.25, 0.3) is 5.91 Å². The van der Waals surface area contributed by atoms with Gasteiger partial charge in [0.15, 0.2) is 11.7 Å². The van der Waals surface area contributed by atoms with Crippen LogP contribution >= 0.6 is 11.8 Å². The van der Waals surface area contributed by atoms with Crippen molar-refractivity contribution in [3.05, 3.63) is 72.4 Å². The monoisotopic (exact) mass is 432 g/mol. The van der Waals surface area contributed by atoms with Gasteiger partial charge in [-0.25, -0.2) is 4.98 Å². The van der Waals surface area contributed by atoms with E-state index in [2.05, 4.69) is 15.3 Å². The molecule has 8 heteroatoms. The molecule has 1 aliphatic heterocycles. The Hall–Kier alpha value is -3.52. The Balaban J connectivity index is 1.31. The number of amides is 2. The van der Waals surface area contributed by atoms with Crippen LogP contribution in [0, 0.1) is 6.92 Å². The number of aryl methyl sites for hydroxylation is 1. The van der Waals surface area contributed by atoms with Crippen LogP contribution in [0.25, 0.3) is 22.2 Å². The SMILES string of the molecule is Cc1ncc(-c2ccc(NC(=O)[C@H]3CSCN3C(=O)c3c[nH]c4ccccc34)cc2)o1. The van der Waals surface area contributed by atoms with Crippen LogP contribution in [0.5, 0.6) is 0 Å². The number of nitrogens with one attached hydrogen (secondary N) is 2. The van der Waals surface area contributed by atoms with Gasteiger partial charge in [0.1, 0.15) is 6.04 Å². The summed E-state index contributed by atoms with van der Waals surface area (Å²) in [6, 6.07) is 14.5. The molecule has 1 aliphatic rings. The zero-order chi connectivity index (χ0) is 21.4. The number of fused-ring (bicyclic) bond motifs is 1. The smallest absolute Gasteiger partial charge is 0.257 e. The van der Waals surface area contributed by atoms with Crippen molar-refractivity contribution in [2.24, 2.45) is 0 Å². The van der Waals surface area contributed by atoms with Crippen molar-refractivity contribution in [2.75, 3.05) is 16.9 Å². The van der Waals surface area contributed by atoms with Gasteiger partial charge in [-0.3, -0.25) is 9.59 Å². The summed E-state index contributed by atoms with van der Waals surface area (Å²) in [5.74, 6) is 2.00. The molecule has 2 aromatic carbocycles. The van der Waals surface area contributed by atoms with Crippen LogP contribution in [0.2, 0.25) is 0 Å². The number of oxazole rings is 1. The Morgan fingerprint density at radius 3 is 2.77 bits per heavy atom. The van der Waals surface area contributed by atoms with E-state index in [0.717, 1.165) is 16.5 Å². The molecule has 0 bridgehead atoms. The van der Waals surface area contributed by atoms with Crippen molar-refractivity contribution >= 4 is 40.2 Å². The molecule has 156 valence electrons. The molecule has 0 unspecified atom stereocenters. The second-order valence-electron chi connectivity index (χ2n) is 7.35.